The summed E-state index contributed by atoms with van der Waals surface area (Å²) in [6, 6.07) is -1.40. The van der Waals surface area contributed by atoms with E-state index in [1.165, 1.54) is 6.92 Å². The van der Waals surface area contributed by atoms with Crippen LogP contribution in [-0.2, 0) is 0 Å². The third-order valence-corrected chi connectivity index (χ3v) is 1.86. The quantitative estimate of drug-likeness (QED) is 0.784. The molecule has 1 atom stereocenters. The predicted octanol–water partition coefficient (Wildman–Crippen LogP) is 3.37. The maximum atomic E-state index is 12.6. The van der Waals surface area contributed by atoms with E-state index in [1.54, 1.807) is 0 Å². The number of halogens is 8. The molecule has 0 aliphatic rings. The molecule has 0 amide bonds. The van der Waals surface area contributed by atoms with Crippen molar-refractivity contribution in [2.75, 3.05) is 0 Å². The average molecular weight is 278 g/mol. The first-order valence-corrected chi connectivity index (χ1v) is 4.03. The molecule has 0 aliphatic carbocycles. The molecule has 100 valence electrons. The molecule has 1 unspecified atom stereocenters. The van der Waals surface area contributed by atoms with Crippen LogP contribution < -0.4 is 5.73 Å². The molecular weight excluding hydrogens is 267 g/mol. The smallest absolute Gasteiger partial charge is 0.327 e. The van der Waals surface area contributed by atoms with E-state index in [9.17, 15) is 30.7 Å². The highest BCUT2D eigenvalue weighted by Gasteiger charge is 2.72. The van der Waals surface area contributed by atoms with Crippen LogP contribution in [-0.4, -0.2) is 24.1 Å². The fraction of sp³-hybridized carbons (Fsp3) is 1.00. The van der Waals surface area contributed by atoms with Crippen LogP contribution in [0.5, 0.6) is 0 Å². The van der Waals surface area contributed by atoms with Crippen LogP contribution in [0.15, 0.2) is 0 Å². The molecule has 0 aliphatic heterocycles. The molecule has 16 heavy (non-hydrogen) atoms. The lowest BCUT2D eigenvalue weighted by molar-refractivity contribution is -0.356. The molecular formula is C7H11ClF7N. The van der Waals surface area contributed by atoms with Crippen LogP contribution in [0.2, 0.25) is 0 Å². The van der Waals surface area contributed by atoms with E-state index >= 15 is 0 Å². The summed E-state index contributed by atoms with van der Waals surface area (Å²) in [4.78, 5) is 0. The van der Waals surface area contributed by atoms with Gasteiger partial charge in [0.25, 0.3) is 0 Å². The summed E-state index contributed by atoms with van der Waals surface area (Å²) in [7, 11) is 0. The molecule has 1 nitrogen and oxygen atoms in total. The van der Waals surface area contributed by atoms with Gasteiger partial charge in [0.15, 0.2) is 0 Å². The zero-order valence-corrected chi connectivity index (χ0v) is 8.94. The van der Waals surface area contributed by atoms with Gasteiger partial charge in [-0.25, -0.2) is 0 Å². The van der Waals surface area contributed by atoms with Gasteiger partial charge in [0.1, 0.15) is 0 Å². The number of hydrogen-bond donors (Lipinski definition) is 1. The summed E-state index contributed by atoms with van der Waals surface area (Å²) in [5.74, 6) is -11.2. The van der Waals surface area contributed by atoms with Crippen molar-refractivity contribution in [1.82, 2.24) is 0 Å². The second kappa shape index (κ2) is 5.39. The third-order valence-electron chi connectivity index (χ3n) is 1.86. The summed E-state index contributed by atoms with van der Waals surface area (Å²) in [5, 5.41) is 0. The monoisotopic (exact) mass is 277 g/mol. The van der Waals surface area contributed by atoms with Gasteiger partial charge in [-0.3, -0.25) is 0 Å². The normalized spacial score (nSPS) is 15.6. The van der Waals surface area contributed by atoms with Crippen LogP contribution in [0.1, 0.15) is 19.8 Å². The van der Waals surface area contributed by atoms with Gasteiger partial charge in [-0.1, -0.05) is 6.92 Å². The van der Waals surface area contributed by atoms with Crippen molar-refractivity contribution in [2.24, 2.45) is 5.73 Å². The van der Waals surface area contributed by atoms with Crippen LogP contribution in [0.4, 0.5) is 30.7 Å². The number of alkyl halides is 7. The third kappa shape index (κ3) is 3.65. The molecule has 0 radical (unpaired) electrons. The summed E-state index contributed by atoms with van der Waals surface area (Å²) in [5.41, 5.74) is 4.92. The lowest BCUT2D eigenvalue weighted by Gasteiger charge is -2.29. The Hall–Kier alpha value is -0.240. The Labute approximate surface area is 93.6 Å². The first-order chi connectivity index (χ1) is 6.45. The molecule has 0 fully saturated rings. The van der Waals surface area contributed by atoms with Crippen LogP contribution in [0, 0.1) is 0 Å². The average Bonchev–Trinajstić information content (AvgIpc) is 2.00. The van der Waals surface area contributed by atoms with E-state index < -0.39 is 30.5 Å². The van der Waals surface area contributed by atoms with E-state index in [-0.39, 0.29) is 18.8 Å². The van der Waals surface area contributed by atoms with Crippen molar-refractivity contribution in [1.29, 1.82) is 0 Å². The molecule has 0 saturated heterocycles. The Balaban J connectivity index is 0. The molecule has 0 aromatic carbocycles. The summed E-state index contributed by atoms with van der Waals surface area (Å²) in [6.45, 7) is 1.31. The topological polar surface area (TPSA) is 26.0 Å². The van der Waals surface area contributed by atoms with E-state index in [0.717, 1.165) is 0 Å². The van der Waals surface area contributed by atoms with Crippen LogP contribution in [0.3, 0.4) is 0 Å². The second-order valence-corrected chi connectivity index (χ2v) is 3.15. The minimum Gasteiger partial charge on any atom is -0.327 e. The summed E-state index contributed by atoms with van der Waals surface area (Å²) in [6.07, 6.45) is -8.08. The first-order valence-electron chi connectivity index (χ1n) is 4.03. The Morgan fingerprint density at radius 1 is 1.00 bits per heavy atom. The highest BCUT2D eigenvalue weighted by atomic mass is 35.5. The Kier molecular flexibility index (Phi) is 6.11. The summed E-state index contributed by atoms with van der Waals surface area (Å²) >= 11 is 0. The molecule has 0 rings (SSSR count). The Bertz CT molecular complexity index is 215. The van der Waals surface area contributed by atoms with Gasteiger partial charge in [0.2, 0.25) is 0 Å². The fourth-order valence-electron chi connectivity index (χ4n) is 0.809. The standard InChI is InChI=1S/C7H10F7N.ClH/c1-2-4(15)3-5(8,9)6(10,11)7(12,13)14;/h4H,2-3,15H2,1H3;1H. The van der Waals surface area contributed by atoms with Gasteiger partial charge in [0.05, 0.1) is 0 Å². The zero-order chi connectivity index (χ0) is 12.5. The van der Waals surface area contributed by atoms with E-state index in [0.29, 0.717) is 0 Å². The van der Waals surface area contributed by atoms with Crippen molar-refractivity contribution in [3.63, 3.8) is 0 Å². The number of nitrogens with two attached hydrogens (primary N) is 1. The minimum absolute atomic E-state index is 0. The van der Waals surface area contributed by atoms with Crippen molar-refractivity contribution in [2.45, 2.75) is 43.8 Å². The SMILES string of the molecule is CCC(N)CC(F)(F)C(F)(F)C(F)(F)F.Cl. The first kappa shape index (κ1) is 18.1. The molecule has 0 saturated carbocycles. The maximum Gasteiger partial charge on any atom is 0.459 e. The van der Waals surface area contributed by atoms with Gasteiger partial charge in [0, 0.05) is 12.5 Å². The van der Waals surface area contributed by atoms with Gasteiger partial charge in [-0.15, -0.1) is 12.4 Å². The number of rotatable bonds is 4. The minimum atomic E-state index is -6.27. The van der Waals surface area contributed by atoms with E-state index in [2.05, 4.69) is 0 Å². The Morgan fingerprint density at radius 2 is 1.38 bits per heavy atom. The molecule has 9 heteroatoms. The van der Waals surface area contributed by atoms with Gasteiger partial charge < -0.3 is 5.73 Å². The molecule has 0 aromatic rings. The lowest BCUT2D eigenvalue weighted by Crippen LogP contribution is -2.53. The van der Waals surface area contributed by atoms with Gasteiger partial charge in [-0.2, -0.15) is 30.7 Å². The largest absolute Gasteiger partial charge is 0.459 e. The van der Waals surface area contributed by atoms with Crippen molar-refractivity contribution in [3.05, 3.63) is 0 Å². The number of hydrogen-bond acceptors (Lipinski definition) is 1. The molecule has 0 aromatic heterocycles. The second-order valence-electron chi connectivity index (χ2n) is 3.15. The van der Waals surface area contributed by atoms with Crippen LogP contribution >= 0.6 is 12.4 Å². The lowest BCUT2D eigenvalue weighted by atomic mass is 10.0. The van der Waals surface area contributed by atoms with Gasteiger partial charge >= 0.3 is 18.0 Å². The van der Waals surface area contributed by atoms with Crippen molar-refractivity contribution < 1.29 is 30.7 Å². The fourth-order valence-corrected chi connectivity index (χ4v) is 0.809. The zero-order valence-electron chi connectivity index (χ0n) is 8.12. The summed E-state index contributed by atoms with van der Waals surface area (Å²) < 4.78 is 84.6. The van der Waals surface area contributed by atoms with E-state index in [1.807, 2.05) is 0 Å². The Morgan fingerprint density at radius 3 is 1.62 bits per heavy atom. The molecule has 0 heterocycles. The van der Waals surface area contributed by atoms with Crippen molar-refractivity contribution in [3.8, 4) is 0 Å². The maximum absolute atomic E-state index is 12.6. The highest BCUT2D eigenvalue weighted by Crippen LogP contribution is 2.48. The van der Waals surface area contributed by atoms with Crippen molar-refractivity contribution >= 4 is 12.4 Å². The highest BCUT2D eigenvalue weighted by molar-refractivity contribution is 5.85. The molecule has 0 spiro atoms. The molecule has 2 N–H and O–H groups in total. The molecule has 0 bridgehead atoms. The van der Waals surface area contributed by atoms with Gasteiger partial charge in [-0.05, 0) is 6.42 Å². The van der Waals surface area contributed by atoms with E-state index in [4.69, 9.17) is 5.73 Å². The predicted molar refractivity (Wildman–Crippen MR) is 46.1 cm³/mol. The van der Waals surface area contributed by atoms with Crippen LogP contribution in [0.25, 0.3) is 0 Å².